The van der Waals surface area contributed by atoms with E-state index in [2.05, 4.69) is 23.9 Å². The van der Waals surface area contributed by atoms with Gasteiger partial charge < -0.3 is 4.74 Å². The van der Waals surface area contributed by atoms with Gasteiger partial charge in [0.1, 0.15) is 5.75 Å². The lowest BCUT2D eigenvalue weighted by Gasteiger charge is -2.08. The summed E-state index contributed by atoms with van der Waals surface area (Å²) < 4.78 is 7.55. The first-order valence-electron chi connectivity index (χ1n) is 9.00. The molecular formula is C21H17Cl2N3O2S. The van der Waals surface area contributed by atoms with Crippen LogP contribution in [0, 0.1) is 5.92 Å². The Morgan fingerprint density at radius 3 is 2.55 bits per heavy atom. The molecule has 8 heteroatoms. The van der Waals surface area contributed by atoms with Crippen LogP contribution in [0.2, 0.25) is 10.0 Å². The molecule has 0 unspecified atom stereocenters. The van der Waals surface area contributed by atoms with Gasteiger partial charge in [0.15, 0.2) is 5.82 Å². The zero-order valence-electron chi connectivity index (χ0n) is 15.7. The lowest BCUT2D eigenvalue weighted by Crippen LogP contribution is -2.23. The summed E-state index contributed by atoms with van der Waals surface area (Å²) in [5.41, 5.74) is 1.40. The molecule has 0 saturated carbocycles. The average Bonchev–Trinajstić information content (AvgIpc) is 3.23. The van der Waals surface area contributed by atoms with E-state index in [0.717, 1.165) is 16.9 Å². The lowest BCUT2D eigenvalue weighted by molar-refractivity contribution is 0.271. The van der Waals surface area contributed by atoms with Crippen molar-refractivity contribution in [3.8, 4) is 17.1 Å². The van der Waals surface area contributed by atoms with Gasteiger partial charge in [0, 0.05) is 5.56 Å². The zero-order valence-corrected chi connectivity index (χ0v) is 18.1. The Kier molecular flexibility index (Phi) is 5.58. The van der Waals surface area contributed by atoms with Crippen molar-refractivity contribution >= 4 is 45.6 Å². The molecule has 4 rings (SSSR count). The fraction of sp³-hybridized carbons (Fsp3) is 0.190. The van der Waals surface area contributed by atoms with Crippen LogP contribution in [0.3, 0.4) is 0 Å². The molecule has 0 atom stereocenters. The summed E-state index contributed by atoms with van der Waals surface area (Å²) in [6.45, 7) is 4.86. The molecule has 0 spiro atoms. The van der Waals surface area contributed by atoms with E-state index in [4.69, 9.17) is 27.9 Å². The fourth-order valence-electron chi connectivity index (χ4n) is 2.67. The first-order valence-corrected chi connectivity index (χ1v) is 10.6. The van der Waals surface area contributed by atoms with Crippen LogP contribution in [0.4, 0.5) is 0 Å². The first kappa shape index (κ1) is 19.9. The summed E-state index contributed by atoms with van der Waals surface area (Å²) in [5.74, 6) is 1.76. The molecule has 0 radical (unpaired) electrons. The maximum atomic E-state index is 12.7. The van der Waals surface area contributed by atoms with Crippen LogP contribution >= 0.6 is 34.5 Å². The minimum Gasteiger partial charge on any atom is -0.493 e. The number of rotatable bonds is 5. The minimum atomic E-state index is -0.216. The standard InChI is InChI=1S/C21H17Cl2N3O2S/c1-12(2)11-28-15-6-4-14(5-7-15)19-24-21-26(25-19)20(27)18(29-21)10-13-3-8-16(22)17(23)9-13/h3-10,12H,11H2,1-2H3/b18-10-. The van der Waals surface area contributed by atoms with E-state index in [9.17, 15) is 4.79 Å². The zero-order chi connectivity index (χ0) is 20.5. The van der Waals surface area contributed by atoms with E-state index in [0.29, 0.717) is 37.9 Å². The van der Waals surface area contributed by atoms with Crippen molar-refractivity contribution in [3.05, 3.63) is 73.0 Å². The van der Waals surface area contributed by atoms with Gasteiger partial charge in [-0.05, 0) is 54.0 Å². The Hall–Kier alpha value is -2.41. The highest BCUT2D eigenvalue weighted by molar-refractivity contribution is 7.15. The van der Waals surface area contributed by atoms with Gasteiger partial charge >= 0.3 is 0 Å². The van der Waals surface area contributed by atoms with E-state index >= 15 is 0 Å². The molecule has 4 aromatic rings. The SMILES string of the molecule is CC(C)COc1ccc(-c2nc3s/c(=C\c4ccc(Cl)c(Cl)c4)c(=O)n3n2)cc1. The monoisotopic (exact) mass is 445 g/mol. The van der Waals surface area contributed by atoms with Crippen molar-refractivity contribution in [3.63, 3.8) is 0 Å². The third-order valence-corrected chi connectivity index (χ3v) is 5.82. The number of hydrogen-bond donors (Lipinski definition) is 0. The number of nitrogens with zero attached hydrogens (tertiary/aromatic N) is 3. The summed E-state index contributed by atoms with van der Waals surface area (Å²) in [7, 11) is 0. The molecule has 2 aromatic heterocycles. The van der Waals surface area contributed by atoms with Gasteiger partial charge in [0.2, 0.25) is 4.96 Å². The van der Waals surface area contributed by atoms with Crippen molar-refractivity contribution in [2.24, 2.45) is 5.92 Å². The highest BCUT2D eigenvalue weighted by Crippen LogP contribution is 2.23. The Morgan fingerprint density at radius 2 is 1.90 bits per heavy atom. The third kappa shape index (κ3) is 4.29. The second-order valence-electron chi connectivity index (χ2n) is 6.95. The smallest absolute Gasteiger partial charge is 0.291 e. The molecule has 0 N–H and O–H groups in total. The number of halogens is 2. The summed E-state index contributed by atoms with van der Waals surface area (Å²) in [5, 5.41) is 5.29. The molecule has 5 nitrogen and oxygen atoms in total. The largest absolute Gasteiger partial charge is 0.493 e. The van der Waals surface area contributed by atoms with Gasteiger partial charge in [-0.2, -0.15) is 9.50 Å². The Balaban J connectivity index is 1.63. The highest BCUT2D eigenvalue weighted by atomic mass is 35.5. The second-order valence-corrected chi connectivity index (χ2v) is 8.77. The van der Waals surface area contributed by atoms with E-state index in [1.165, 1.54) is 15.9 Å². The third-order valence-electron chi connectivity index (χ3n) is 4.12. The van der Waals surface area contributed by atoms with Crippen molar-refractivity contribution < 1.29 is 4.74 Å². The Morgan fingerprint density at radius 1 is 1.14 bits per heavy atom. The number of fused-ring (bicyclic) bond motifs is 1. The molecule has 0 bridgehead atoms. The Labute approximate surface area is 181 Å². The molecule has 148 valence electrons. The molecule has 2 heterocycles. The predicted molar refractivity (Wildman–Crippen MR) is 118 cm³/mol. The van der Waals surface area contributed by atoms with E-state index in [1.54, 1.807) is 24.3 Å². The summed E-state index contributed by atoms with van der Waals surface area (Å²) >= 11 is 13.3. The number of hydrogen-bond acceptors (Lipinski definition) is 5. The van der Waals surface area contributed by atoms with Crippen molar-refractivity contribution in [1.82, 2.24) is 14.6 Å². The molecule has 0 aliphatic rings. The first-order chi connectivity index (χ1) is 13.9. The van der Waals surface area contributed by atoms with E-state index in [1.807, 2.05) is 24.3 Å². The van der Waals surface area contributed by atoms with Crippen LogP contribution in [-0.2, 0) is 0 Å². The van der Waals surface area contributed by atoms with E-state index < -0.39 is 0 Å². The topological polar surface area (TPSA) is 56.5 Å². The lowest BCUT2D eigenvalue weighted by atomic mass is 10.2. The van der Waals surface area contributed by atoms with Crippen molar-refractivity contribution in [2.75, 3.05) is 6.61 Å². The van der Waals surface area contributed by atoms with Gasteiger partial charge in [-0.25, -0.2) is 0 Å². The van der Waals surface area contributed by atoms with Gasteiger partial charge in [-0.15, -0.1) is 5.10 Å². The molecule has 0 saturated heterocycles. The van der Waals surface area contributed by atoms with Crippen molar-refractivity contribution in [1.29, 1.82) is 0 Å². The minimum absolute atomic E-state index is 0.216. The normalized spacial score (nSPS) is 12.2. The maximum absolute atomic E-state index is 12.7. The molecule has 2 aromatic carbocycles. The summed E-state index contributed by atoms with van der Waals surface area (Å²) in [4.78, 5) is 17.7. The van der Waals surface area contributed by atoms with Crippen LogP contribution in [0.15, 0.2) is 47.3 Å². The molecular weight excluding hydrogens is 429 g/mol. The number of ether oxygens (including phenoxy) is 1. The van der Waals surface area contributed by atoms with Crippen LogP contribution in [0.25, 0.3) is 22.4 Å². The van der Waals surface area contributed by atoms with Crippen LogP contribution in [0.1, 0.15) is 19.4 Å². The maximum Gasteiger partial charge on any atom is 0.291 e. The average molecular weight is 446 g/mol. The number of benzene rings is 2. The molecule has 0 fully saturated rings. The number of thiazole rings is 1. The molecule has 0 amide bonds. The fourth-order valence-corrected chi connectivity index (χ4v) is 3.89. The van der Waals surface area contributed by atoms with E-state index in [-0.39, 0.29) is 5.56 Å². The van der Waals surface area contributed by atoms with Crippen LogP contribution in [-0.4, -0.2) is 21.2 Å². The Bertz CT molecular complexity index is 1280. The molecule has 0 aliphatic carbocycles. The van der Waals surface area contributed by atoms with Gasteiger partial charge in [-0.3, -0.25) is 4.79 Å². The molecule has 0 aliphatic heterocycles. The highest BCUT2D eigenvalue weighted by Gasteiger charge is 2.12. The second kappa shape index (κ2) is 8.14. The van der Waals surface area contributed by atoms with Gasteiger partial charge in [-0.1, -0.05) is 54.5 Å². The summed E-state index contributed by atoms with van der Waals surface area (Å²) in [6, 6.07) is 12.8. The predicted octanol–water partition coefficient (Wildman–Crippen LogP) is 4.71. The van der Waals surface area contributed by atoms with Crippen LogP contribution < -0.4 is 14.8 Å². The van der Waals surface area contributed by atoms with Crippen molar-refractivity contribution in [2.45, 2.75) is 13.8 Å². The molecule has 29 heavy (non-hydrogen) atoms. The number of aromatic nitrogens is 3. The summed E-state index contributed by atoms with van der Waals surface area (Å²) in [6.07, 6.45) is 1.76. The van der Waals surface area contributed by atoms with Gasteiger partial charge in [0.05, 0.1) is 21.2 Å². The van der Waals surface area contributed by atoms with Crippen LogP contribution in [0.5, 0.6) is 5.75 Å². The van der Waals surface area contributed by atoms with Gasteiger partial charge in [0.25, 0.3) is 5.56 Å². The quantitative estimate of drug-likeness (QED) is 0.446.